The number of nitrogens with two attached hydrogens (primary N) is 5. The Balaban J connectivity index is 0. The van der Waals surface area contributed by atoms with E-state index in [1.54, 1.807) is 24.3 Å². The molecule has 0 aliphatic carbocycles. The number of rotatable bonds is 25. The molecule has 0 saturated heterocycles. The summed E-state index contributed by atoms with van der Waals surface area (Å²) in [5.74, 6) is -10.8. The molecule has 6 atom stereocenters. The van der Waals surface area contributed by atoms with Gasteiger partial charge in [-0.1, -0.05) is 12.1 Å². The largest absolute Gasteiger partial charge is 0.481 e. The molecule has 402 valence electrons. The summed E-state index contributed by atoms with van der Waals surface area (Å²) in [7, 11) is 0. The molecule has 23 N–H and O–H groups in total. The molecular weight excluding hydrogens is 970 g/mol. The van der Waals surface area contributed by atoms with Crippen LogP contribution in [0.25, 0.3) is 0 Å². The Labute approximate surface area is 407 Å². The number of aromatic amines is 1. The molecule has 0 bridgehead atoms. The molecule has 72 heavy (non-hydrogen) atoms. The van der Waals surface area contributed by atoms with E-state index in [0.717, 1.165) is 18.4 Å². The number of aromatic nitrogens is 2. The molecule has 31 nitrogen and oxygen atoms in total. The van der Waals surface area contributed by atoms with Gasteiger partial charge < -0.3 is 95.4 Å². The molecule has 1 aromatic heterocycles. The number of fused-ring (bicyclic) bond motifs is 1. The van der Waals surface area contributed by atoms with Crippen molar-refractivity contribution in [3.63, 3.8) is 0 Å². The first-order valence-electron chi connectivity index (χ1n) is 21.2. The first-order valence-corrected chi connectivity index (χ1v) is 21.2. The average molecular weight is 1030 g/mol. The van der Waals surface area contributed by atoms with Gasteiger partial charge in [0.05, 0.1) is 5.56 Å². The summed E-state index contributed by atoms with van der Waals surface area (Å²) in [5, 5.41) is 88.5. The average Bonchev–Trinajstić information content (AvgIpc) is 3.29. The summed E-state index contributed by atoms with van der Waals surface area (Å²) in [6.45, 7) is 0.694. The van der Waals surface area contributed by atoms with Crippen LogP contribution in [0.3, 0.4) is 0 Å². The number of aryl methyl sites for hydroxylation is 1. The number of carbonyl (C=O) groups is 11. The number of aliphatic carboxylic acids is 10. The zero-order valence-corrected chi connectivity index (χ0v) is 38.4. The summed E-state index contributed by atoms with van der Waals surface area (Å²) in [6.07, 6.45) is 0.702. The fraction of sp³-hybridized carbons (Fsp3) is 0.488. The molecule has 1 aliphatic rings. The minimum absolute atomic E-state index is 0.0231. The number of anilines is 2. The van der Waals surface area contributed by atoms with Crippen LogP contribution in [0.5, 0.6) is 0 Å². The zero-order chi connectivity index (χ0) is 55.8. The Morgan fingerprint density at radius 2 is 0.931 bits per heavy atom. The van der Waals surface area contributed by atoms with E-state index in [-0.39, 0.29) is 81.6 Å². The van der Waals surface area contributed by atoms with Gasteiger partial charge in [0, 0.05) is 44.2 Å². The van der Waals surface area contributed by atoms with Crippen molar-refractivity contribution >= 4 is 77.4 Å². The van der Waals surface area contributed by atoms with E-state index < -0.39 is 95.8 Å². The van der Waals surface area contributed by atoms with Crippen molar-refractivity contribution in [1.82, 2.24) is 15.3 Å². The molecule has 0 saturated carbocycles. The van der Waals surface area contributed by atoms with Crippen LogP contribution in [-0.2, 0) is 60.8 Å². The Morgan fingerprint density at radius 3 is 1.26 bits per heavy atom. The molecule has 0 fully saturated rings. The van der Waals surface area contributed by atoms with Gasteiger partial charge in [-0.15, -0.1) is 0 Å². The molecule has 3 rings (SSSR count). The lowest BCUT2D eigenvalue weighted by Gasteiger charge is -2.25. The van der Waals surface area contributed by atoms with Crippen molar-refractivity contribution in [2.24, 2.45) is 28.9 Å². The predicted octanol–water partition coefficient (Wildman–Crippen LogP) is -2.33. The minimum Gasteiger partial charge on any atom is -0.481 e. The number of hydrogen-bond acceptors (Lipinski definition) is 19. The fourth-order valence-electron chi connectivity index (χ4n) is 5.24. The number of carbonyl (C=O) groups excluding carboxylic acids is 1. The number of nitrogens with zero attached hydrogens (tertiary/aromatic N) is 1. The van der Waals surface area contributed by atoms with Crippen molar-refractivity contribution in [1.29, 1.82) is 0 Å². The zero-order valence-electron chi connectivity index (χ0n) is 38.4. The quantitative estimate of drug-likeness (QED) is 0.0496. The maximum atomic E-state index is 12.3. The second-order valence-electron chi connectivity index (χ2n) is 15.3. The number of carboxylic acid groups (broad SMARTS) is 10. The van der Waals surface area contributed by atoms with Gasteiger partial charge in [0.2, 0.25) is 5.95 Å². The Hall–Kier alpha value is -8.29. The predicted molar refractivity (Wildman–Crippen MR) is 245 cm³/mol. The van der Waals surface area contributed by atoms with Gasteiger partial charge in [0.1, 0.15) is 36.0 Å². The van der Waals surface area contributed by atoms with Crippen LogP contribution < -0.4 is 44.9 Å². The molecule has 2 heterocycles. The van der Waals surface area contributed by atoms with Gasteiger partial charge in [-0.05, 0) is 75.0 Å². The van der Waals surface area contributed by atoms with Crippen LogP contribution >= 0.6 is 0 Å². The molecule has 4 unspecified atom stereocenters. The van der Waals surface area contributed by atoms with Crippen molar-refractivity contribution in [2.45, 2.75) is 114 Å². The number of nitrogen functional groups attached to an aromatic ring is 1. The maximum Gasteiger partial charge on any atom is 0.326 e. The molecule has 2 aromatic rings. The maximum absolute atomic E-state index is 12.3. The number of benzene rings is 1. The van der Waals surface area contributed by atoms with E-state index in [2.05, 4.69) is 20.6 Å². The van der Waals surface area contributed by atoms with Gasteiger partial charge in [-0.3, -0.25) is 52.7 Å². The highest BCUT2D eigenvalue weighted by Gasteiger charge is 2.24. The normalized spacial score (nSPS) is 14.0. The fourth-order valence-corrected chi connectivity index (χ4v) is 5.24. The number of nitrogens with one attached hydrogen (secondary N) is 3. The Morgan fingerprint density at radius 1 is 0.569 bits per heavy atom. The van der Waals surface area contributed by atoms with Crippen LogP contribution in [0.1, 0.15) is 92.1 Å². The molecule has 31 heteroatoms. The monoisotopic (exact) mass is 1030 g/mol. The number of H-pyrrole nitrogens is 1. The molecule has 1 aliphatic heterocycles. The van der Waals surface area contributed by atoms with E-state index in [0.29, 0.717) is 29.9 Å². The summed E-state index contributed by atoms with van der Waals surface area (Å²) in [6, 6.07) is 1.29. The third-order valence-electron chi connectivity index (χ3n) is 9.35. The molecule has 0 radical (unpaired) electrons. The molecular formula is C41H61N9O22. The summed E-state index contributed by atoms with van der Waals surface area (Å²) >= 11 is 0. The van der Waals surface area contributed by atoms with E-state index in [1.165, 1.54) is 0 Å². The van der Waals surface area contributed by atoms with E-state index >= 15 is 0 Å². The molecule has 1 amide bonds. The van der Waals surface area contributed by atoms with E-state index in [4.69, 9.17) is 79.7 Å². The van der Waals surface area contributed by atoms with E-state index in [9.17, 15) is 57.5 Å². The highest BCUT2D eigenvalue weighted by atomic mass is 16.4. The van der Waals surface area contributed by atoms with Gasteiger partial charge in [0.15, 0.2) is 0 Å². The van der Waals surface area contributed by atoms with Gasteiger partial charge in [-0.25, -0.2) is 4.79 Å². The lowest BCUT2D eigenvalue weighted by molar-refractivity contribution is -0.142. The smallest absolute Gasteiger partial charge is 0.326 e. The third-order valence-corrected chi connectivity index (χ3v) is 9.35. The topological polar surface area (TPSA) is 590 Å². The van der Waals surface area contributed by atoms with Gasteiger partial charge in [0.25, 0.3) is 11.5 Å². The van der Waals surface area contributed by atoms with Gasteiger partial charge in [-0.2, -0.15) is 4.98 Å². The molecule has 1 aromatic carbocycles. The number of carboxylic acids is 10. The second-order valence-corrected chi connectivity index (χ2v) is 15.3. The highest BCUT2D eigenvalue weighted by Crippen LogP contribution is 2.23. The SMILES string of the molecule is NC(CCC(=O)O)C(=O)O.NC(CCC(=O)O)C(=O)O.NC(CCC(=O)O)C(=O)O.NC(CCC(=O)O)C(=O)O.Nc1nc(=O)c2c([nH]1)NC[C@H](CCc1ccc(C(=O)N[C@@H](CCC(=O)O)C(=O)O)cc1)C2. The lowest BCUT2D eigenvalue weighted by atomic mass is 9.91. The Kier molecular flexibility index (Phi) is 31.9. The second kappa shape index (κ2) is 34.9. The summed E-state index contributed by atoms with van der Waals surface area (Å²) < 4.78 is 0. The van der Waals surface area contributed by atoms with Crippen LogP contribution in [0.4, 0.5) is 11.8 Å². The summed E-state index contributed by atoms with van der Waals surface area (Å²) in [5.41, 5.74) is 27.1. The number of amides is 1. The summed E-state index contributed by atoms with van der Waals surface area (Å²) in [4.78, 5) is 132. The molecule has 0 spiro atoms. The van der Waals surface area contributed by atoms with Crippen molar-refractivity contribution in [3.05, 3.63) is 51.3 Å². The van der Waals surface area contributed by atoms with E-state index in [1.807, 2.05) is 0 Å². The minimum atomic E-state index is -1.28. The van der Waals surface area contributed by atoms with Crippen LogP contribution in [0, 0.1) is 5.92 Å². The van der Waals surface area contributed by atoms with Crippen molar-refractivity contribution in [3.8, 4) is 0 Å². The van der Waals surface area contributed by atoms with Crippen LogP contribution in [0.2, 0.25) is 0 Å². The standard InChI is InChI=1S/C21H25N5O6.4C5H9NO4/c22-21-25-17-14(19(30)26-21)9-12(10-23-17)2-1-11-3-5-13(6-4-11)18(29)24-15(20(31)32)7-8-16(27)28;4*6-3(5(9)10)1-2-4(7)8/h3-6,12,15H,1-2,7-10H2,(H,24,29)(H,27,28)(H,31,32)(H4,22,23,25,26,30);4*3H,1-2,6H2,(H,7,8)(H,9,10)/t12-,15+;;;;/m1..../s1. The van der Waals surface area contributed by atoms with Crippen LogP contribution in [-0.4, -0.2) is 163 Å². The van der Waals surface area contributed by atoms with Crippen molar-refractivity contribution in [2.75, 3.05) is 17.6 Å². The number of hydrogen-bond donors (Lipinski definition) is 18. The van der Waals surface area contributed by atoms with Gasteiger partial charge >= 0.3 is 59.7 Å². The highest BCUT2D eigenvalue weighted by molar-refractivity contribution is 5.96. The first-order chi connectivity index (χ1) is 33.4. The Bertz CT molecular complexity index is 2090. The first kappa shape index (κ1) is 65.8. The van der Waals surface area contributed by atoms with Crippen LogP contribution in [0.15, 0.2) is 29.1 Å². The van der Waals surface area contributed by atoms with Crippen molar-refractivity contribution < 1.29 is 104 Å². The third kappa shape index (κ3) is 31.7. The lowest BCUT2D eigenvalue weighted by Crippen LogP contribution is -2.41.